The van der Waals surface area contributed by atoms with Crippen LogP contribution < -0.4 is 5.32 Å². The van der Waals surface area contributed by atoms with Crippen LogP contribution in [0.5, 0.6) is 0 Å². The summed E-state index contributed by atoms with van der Waals surface area (Å²) in [5, 5.41) is 3.80. The Bertz CT molecular complexity index is 224. The summed E-state index contributed by atoms with van der Waals surface area (Å²) in [6, 6.07) is 0.801. The minimum Gasteiger partial charge on any atom is -0.313 e. The molecule has 2 aliphatic carbocycles. The van der Waals surface area contributed by atoms with Crippen molar-refractivity contribution >= 4 is 0 Å². The molecular weight excluding hydrogens is 182 g/mol. The van der Waals surface area contributed by atoms with Gasteiger partial charge in [0.15, 0.2) is 0 Å². The summed E-state index contributed by atoms with van der Waals surface area (Å²) in [5.41, 5.74) is 1.09. The molecule has 0 saturated heterocycles. The number of hydrogen-bond donors (Lipinski definition) is 1. The Morgan fingerprint density at radius 1 is 1.13 bits per heavy atom. The van der Waals surface area contributed by atoms with E-state index >= 15 is 0 Å². The average Bonchev–Trinajstić information content (AvgIpc) is 2.99. The molecule has 2 fully saturated rings. The van der Waals surface area contributed by atoms with Gasteiger partial charge in [-0.1, -0.05) is 34.6 Å². The SMILES string of the molecule is CCCNC(C1CC1)C1C(C)(C)C1(C)C. The largest absolute Gasteiger partial charge is 0.313 e. The molecule has 0 spiro atoms. The van der Waals surface area contributed by atoms with Crippen LogP contribution in [0.15, 0.2) is 0 Å². The average molecular weight is 209 g/mol. The predicted molar refractivity (Wildman–Crippen MR) is 65.9 cm³/mol. The van der Waals surface area contributed by atoms with Gasteiger partial charge in [0.1, 0.15) is 0 Å². The Balaban J connectivity index is 2.00. The maximum atomic E-state index is 3.80. The molecule has 0 amide bonds. The van der Waals surface area contributed by atoms with Gasteiger partial charge in [0.2, 0.25) is 0 Å². The van der Waals surface area contributed by atoms with Gasteiger partial charge in [0.25, 0.3) is 0 Å². The summed E-state index contributed by atoms with van der Waals surface area (Å²) in [6.45, 7) is 13.2. The second-order valence-corrected chi connectivity index (χ2v) is 6.74. The summed E-state index contributed by atoms with van der Waals surface area (Å²) in [7, 11) is 0. The van der Waals surface area contributed by atoms with E-state index in [9.17, 15) is 0 Å². The monoisotopic (exact) mass is 209 g/mol. The van der Waals surface area contributed by atoms with E-state index in [0.717, 1.165) is 17.9 Å². The van der Waals surface area contributed by atoms with Gasteiger partial charge in [-0.2, -0.15) is 0 Å². The molecule has 0 heterocycles. The lowest BCUT2D eigenvalue weighted by atomic mass is 10.00. The van der Waals surface area contributed by atoms with Crippen LogP contribution >= 0.6 is 0 Å². The quantitative estimate of drug-likeness (QED) is 0.731. The van der Waals surface area contributed by atoms with E-state index in [-0.39, 0.29) is 0 Å². The zero-order chi connectivity index (χ0) is 11.3. The Morgan fingerprint density at radius 3 is 2.00 bits per heavy atom. The first-order chi connectivity index (χ1) is 6.93. The van der Waals surface area contributed by atoms with Crippen LogP contribution in [0.3, 0.4) is 0 Å². The van der Waals surface area contributed by atoms with Crippen molar-refractivity contribution < 1.29 is 0 Å². The lowest BCUT2D eigenvalue weighted by Gasteiger charge is -2.20. The molecule has 2 saturated carbocycles. The van der Waals surface area contributed by atoms with Crippen LogP contribution in [-0.4, -0.2) is 12.6 Å². The molecule has 0 bridgehead atoms. The van der Waals surface area contributed by atoms with Gasteiger partial charge in [-0.3, -0.25) is 0 Å². The first-order valence-electron chi connectivity index (χ1n) is 6.66. The van der Waals surface area contributed by atoms with Gasteiger partial charge in [-0.05, 0) is 48.5 Å². The summed E-state index contributed by atoms with van der Waals surface area (Å²) in [4.78, 5) is 0. The van der Waals surface area contributed by atoms with Crippen molar-refractivity contribution in [2.45, 2.75) is 59.9 Å². The van der Waals surface area contributed by atoms with E-state index in [0.29, 0.717) is 10.8 Å². The highest BCUT2D eigenvalue weighted by Gasteiger charge is 2.68. The van der Waals surface area contributed by atoms with Crippen molar-refractivity contribution in [1.82, 2.24) is 5.32 Å². The van der Waals surface area contributed by atoms with E-state index in [4.69, 9.17) is 0 Å². The topological polar surface area (TPSA) is 12.0 Å². The zero-order valence-electron chi connectivity index (χ0n) is 11.1. The summed E-state index contributed by atoms with van der Waals surface area (Å²) < 4.78 is 0. The number of hydrogen-bond acceptors (Lipinski definition) is 1. The molecule has 2 aliphatic rings. The minimum absolute atomic E-state index is 0.543. The van der Waals surface area contributed by atoms with E-state index in [1.54, 1.807) is 0 Å². The Kier molecular flexibility index (Phi) is 2.65. The van der Waals surface area contributed by atoms with Gasteiger partial charge < -0.3 is 5.32 Å². The van der Waals surface area contributed by atoms with Crippen LogP contribution in [0, 0.1) is 22.7 Å². The highest BCUT2D eigenvalue weighted by atomic mass is 15.0. The first-order valence-corrected chi connectivity index (χ1v) is 6.66. The molecule has 1 atom stereocenters. The molecule has 88 valence electrons. The van der Waals surface area contributed by atoms with Crippen molar-refractivity contribution in [2.24, 2.45) is 22.7 Å². The third kappa shape index (κ3) is 1.73. The highest BCUT2D eigenvalue weighted by Crippen LogP contribution is 2.71. The summed E-state index contributed by atoms with van der Waals surface area (Å²) in [5.74, 6) is 1.88. The Hall–Kier alpha value is -0.0400. The van der Waals surface area contributed by atoms with E-state index in [2.05, 4.69) is 39.9 Å². The molecule has 0 aromatic heterocycles. The second kappa shape index (κ2) is 3.48. The normalized spacial score (nSPS) is 30.2. The molecule has 0 aromatic rings. The third-order valence-corrected chi connectivity index (χ3v) is 5.25. The van der Waals surface area contributed by atoms with Gasteiger partial charge in [-0.25, -0.2) is 0 Å². The maximum absolute atomic E-state index is 3.80. The lowest BCUT2D eigenvalue weighted by Crippen LogP contribution is -2.35. The molecule has 0 aliphatic heterocycles. The van der Waals surface area contributed by atoms with Crippen LogP contribution in [-0.2, 0) is 0 Å². The molecule has 2 rings (SSSR count). The van der Waals surface area contributed by atoms with Gasteiger partial charge in [0, 0.05) is 6.04 Å². The van der Waals surface area contributed by atoms with Gasteiger partial charge in [0.05, 0.1) is 0 Å². The van der Waals surface area contributed by atoms with Crippen molar-refractivity contribution in [3.05, 3.63) is 0 Å². The summed E-state index contributed by atoms with van der Waals surface area (Å²) in [6.07, 6.45) is 4.19. The van der Waals surface area contributed by atoms with Gasteiger partial charge >= 0.3 is 0 Å². The van der Waals surface area contributed by atoms with Crippen LogP contribution in [0.1, 0.15) is 53.9 Å². The Labute approximate surface area is 95.0 Å². The van der Waals surface area contributed by atoms with Crippen molar-refractivity contribution in [3.8, 4) is 0 Å². The lowest BCUT2D eigenvalue weighted by molar-refractivity contribution is 0.361. The predicted octanol–water partition coefficient (Wildman–Crippen LogP) is 3.45. The number of nitrogens with one attached hydrogen (secondary N) is 1. The van der Waals surface area contributed by atoms with Crippen molar-refractivity contribution in [2.75, 3.05) is 6.54 Å². The maximum Gasteiger partial charge on any atom is 0.0134 e. The molecule has 0 aromatic carbocycles. The highest BCUT2D eigenvalue weighted by molar-refractivity contribution is 5.18. The van der Waals surface area contributed by atoms with Crippen molar-refractivity contribution in [3.63, 3.8) is 0 Å². The smallest absolute Gasteiger partial charge is 0.0134 e. The fourth-order valence-corrected chi connectivity index (χ4v) is 3.47. The molecule has 0 radical (unpaired) electrons. The molecular formula is C14H27N. The van der Waals surface area contributed by atoms with Crippen LogP contribution in [0.25, 0.3) is 0 Å². The summed E-state index contributed by atoms with van der Waals surface area (Å²) >= 11 is 0. The van der Waals surface area contributed by atoms with Crippen molar-refractivity contribution in [1.29, 1.82) is 0 Å². The van der Waals surface area contributed by atoms with Crippen LogP contribution in [0.4, 0.5) is 0 Å². The molecule has 1 heteroatoms. The second-order valence-electron chi connectivity index (χ2n) is 6.74. The Morgan fingerprint density at radius 2 is 1.67 bits per heavy atom. The van der Waals surface area contributed by atoms with Crippen LogP contribution in [0.2, 0.25) is 0 Å². The zero-order valence-corrected chi connectivity index (χ0v) is 11.1. The van der Waals surface area contributed by atoms with E-state index < -0.39 is 0 Å². The molecule has 15 heavy (non-hydrogen) atoms. The number of rotatable bonds is 5. The first kappa shape index (κ1) is 11.4. The standard InChI is InChI=1S/C14H27N/c1-6-9-15-11(10-7-8-10)12-13(2,3)14(12,4)5/h10-12,15H,6-9H2,1-5H3. The fraction of sp³-hybridized carbons (Fsp3) is 1.00. The van der Waals surface area contributed by atoms with E-state index in [1.807, 2.05) is 0 Å². The molecule has 1 nitrogen and oxygen atoms in total. The fourth-order valence-electron chi connectivity index (χ4n) is 3.47. The van der Waals surface area contributed by atoms with E-state index in [1.165, 1.54) is 25.8 Å². The van der Waals surface area contributed by atoms with Gasteiger partial charge in [-0.15, -0.1) is 0 Å². The molecule has 1 N–H and O–H groups in total. The third-order valence-electron chi connectivity index (χ3n) is 5.25. The minimum atomic E-state index is 0.543. The molecule has 1 unspecified atom stereocenters.